The number of aliphatic imine (C=N–C) groups is 1. The maximum Gasteiger partial charge on any atom is 0.0416 e. The first-order valence-corrected chi connectivity index (χ1v) is 4.36. The summed E-state index contributed by atoms with van der Waals surface area (Å²) in [6.07, 6.45) is 10.0. The van der Waals surface area contributed by atoms with Crippen molar-refractivity contribution in [2.24, 2.45) is 4.99 Å². The van der Waals surface area contributed by atoms with E-state index >= 15 is 0 Å². The lowest BCUT2D eigenvalue weighted by molar-refractivity contribution is 1.00. The number of halogens is 1. The molecule has 0 spiro atoms. The van der Waals surface area contributed by atoms with Gasteiger partial charge in [-0.25, -0.2) is 0 Å². The molecule has 0 aromatic carbocycles. The molecule has 0 N–H and O–H groups in total. The van der Waals surface area contributed by atoms with E-state index in [4.69, 9.17) is 11.6 Å². The Morgan fingerprint density at radius 2 is 2.42 bits per heavy atom. The molecule has 0 fully saturated rings. The lowest BCUT2D eigenvalue weighted by Gasteiger charge is -2.03. The standard InChI is InChI=1S/C10H12ClN/c1-12-8-2-3-9-4-6-10(11)7-5-9/h3-4,6-7H,1-2,5,8H2/b9-3-. The van der Waals surface area contributed by atoms with Crippen LogP contribution in [0.25, 0.3) is 0 Å². The van der Waals surface area contributed by atoms with E-state index in [0.29, 0.717) is 0 Å². The fourth-order valence-electron chi connectivity index (χ4n) is 1.03. The van der Waals surface area contributed by atoms with Gasteiger partial charge in [-0.3, -0.25) is 0 Å². The van der Waals surface area contributed by atoms with Crippen molar-refractivity contribution < 1.29 is 0 Å². The summed E-state index contributed by atoms with van der Waals surface area (Å²) in [7, 11) is 0. The van der Waals surface area contributed by atoms with Crippen molar-refractivity contribution >= 4 is 18.3 Å². The lowest BCUT2D eigenvalue weighted by atomic mass is 10.1. The highest BCUT2D eigenvalue weighted by Crippen LogP contribution is 2.17. The first kappa shape index (κ1) is 9.27. The maximum absolute atomic E-state index is 5.76. The maximum atomic E-state index is 5.76. The molecule has 0 aromatic rings. The van der Waals surface area contributed by atoms with Gasteiger partial charge in [0.15, 0.2) is 0 Å². The van der Waals surface area contributed by atoms with Crippen LogP contribution in [-0.4, -0.2) is 13.3 Å². The van der Waals surface area contributed by atoms with E-state index in [1.54, 1.807) is 0 Å². The van der Waals surface area contributed by atoms with Gasteiger partial charge in [-0.15, -0.1) is 0 Å². The fourth-order valence-corrected chi connectivity index (χ4v) is 1.17. The van der Waals surface area contributed by atoms with Crippen molar-refractivity contribution in [2.75, 3.05) is 6.54 Å². The minimum atomic E-state index is 0.800. The third kappa shape index (κ3) is 3.05. The van der Waals surface area contributed by atoms with Crippen molar-refractivity contribution in [3.05, 3.63) is 34.9 Å². The molecule has 1 aliphatic carbocycles. The van der Waals surface area contributed by atoms with E-state index in [-0.39, 0.29) is 0 Å². The quantitative estimate of drug-likeness (QED) is 0.469. The number of hydrogen-bond donors (Lipinski definition) is 0. The van der Waals surface area contributed by atoms with Crippen LogP contribution in [0.5, 0.6) is 0 Å². The molecule has 0 aromatic heterocycles. The van der Waals surface area contributed by atoms with Crippen LogP contribution in [0.2, 0.25) is 0 Å². The van der Waals surface area contributed by atoms with Gasteiger partial charge in [0.1, 0.15) is 0 Å². The van der Waals surface area contributed by atoms with Gasteiger partial charge in [0, 0.05) is 11.6 Å². The van der Waals surface area contributed by atoms with Crippen LogP contribution in [0.4, 0.5) is 0 Å². The third-order valence-electron chi connectivity index (χ3n) is 1.68. The molecule has 2 heteroatoms. The van der Waals surface area contributed by atoms with Crippen molar-refractivity contribution in [3.8, 4) is 0 Å². The smallest absolute Gasteiger partial charge is 0.0416 e. The summed E-state index contributed by atoms with van der Waals surface area (Å²) in [6.45, 7) is 4.23. The highest BCUT2D eigenvalue weighted by molar-refractivity contribution is 6.31. The zero-order valence-corrected chi connectivity index (χ0v) is 7.72. The summed E-state index contributed by atoms with van der Waals surface area (Å²) in [5.41, 5.74) is 1.31. The summed E-state index contributed by atoms with van der Waals surface area (Å²) >= 11 is 5.76. The van der Waals surface area contributed by atoms with Crippen molar-refractivity contribution in [3.63, 3.8) is 0 Å². The van der Waals surface area contributed by atoms with Crippen molar-refractivity contribution in [1.82, 2.24) is 0 Å². The Balaban J connectivity index is 2.41. The molecule has 0 saturated carbocycles. The Hall–Kier alpha value is -0.820. The largest absolute Gasteiger partial charge is 0.301 e. The molecule has 0 unspecified atom stereocenters. The van der Waals surface area contributed by atoms with Crippen LogP contribution in [-0.2, 0) is 0 Å². The van der Waals surface area contributed by atoms with Gasteiger partial charge in [-0.2, -0.15) is 0 Å². The Bertz CT molecular complexity index is 249. The van der Waals surface area contributed by atoms with Gasteiger partial charge in [0.25, 0.3) is 0 Å². The van der Waals surface area contributed by atoms with Gasteiger partial charge >= 0.3 is 0 Å². The van der Waals surface area contributed by atoms with Crippen molar-refractivity contribution in [1.29, 1.82) is 0 Å². The first-order chi connectivity index (χ1) is 5.83. The number of hydrogen-bond acceptors (Lipinski definition) is 1. The monoisotopic (exact) mass is 181 g/mol. The fraction of sp³-hybridized carbons (Fsp3) is 0.300. The first-order valence-electron chi connectivity index (χ1n) is 3.98. The Morgan fingerprint density at radius 3 is 3.00 bits per heavy atom. The number of rotatable bonds is 3. The summed E-state index contributed by atoms with van der Waals surface area (Å²) in [5, 5.41) is 0.828. The molecular weight excluding hydrogens is 170 g/mol. The SMILES string of the molecule is C=NCC/C=C1/C=CC(Cl)=CC1. The summed E-state index contributed by atoms with van der Waals surface area (Å²) < 4.78 is 0. The van der Waals surface area contributed by atoms with Crippen LogP contribution in [0, 0.1) is 0 Å². The molecule has 0 radical (unpaired) electrons. The topological polar surface area (TPSA) is 12.4 Å². The summed E-state index contributed by atoms with van der Waals surface area (Å²) in [5.74, 6) is 0. The molecule has 0 atom stereocenters. The van der Waals surface area contributed by atoms with E-state index in [9.17, 15) is 0 Å². The average molecular weight is 182 g/mol. The molecule has 64 valence electrons. The van der Waals surface area contributed by atoms with Gasteiger partial charge in [-0.1, -0.05) is 29.8 Å². The van der Waals surface area contributed by atoms with E-state index in [2.05, 4.69) is 17.8 Å². The van der Waals surface area contributed by atoms with Gasteiger partial charge in [0.05, 0.1) is 0 Å². The predicted molar refractivity (Wildman–Crippen MR) is 54.8 cm³/mol. The van der Waals surface area contributed by atoms with Gasteiger partial charge < -0.3 is 4.99 Å². The Kier molecular flexibility index (Phi) is 3.81. The highest BCUT2D eigenvalue weighted by atomic mass is 35.5. The molecule has 0 bridgehead atoms. The van der Waals surface area contributed by atoms with E-state index < -0.39 is 0 Å². The second-order valence-electron chi connectivity index (χ2n) is 2.64. The van der Waals surface area contributed by atoms with Crippen molar-refractivity contribution in [2.45, 2.75) is 12.8 Å². The minimum absolute atomic E-state index is 0.800. The molecule has 0 heterocycles. The normalized spacial score (nSPS) is 19.4. The summed E-state index contributed by atoms with van der Waals surface area (Å²) in [4.78, 5) is 3.77. The van der Waals surface area contributed by atoms with E-state index in [1.807, 2.05) is 18.2 Å². The lowest BCUT2D eigenvalue weighted by Crippen LogP contribution is -1.84. The number of nitrogens with zero attached hydrogens (tertiary/aromatic N) is 1. The molecule has 0 aliphatic heterocycles. The van der Waals surface area contributed by atoms with Crippen LogP contribution < -0.4 is 0 Å². The molecule has 1 nitrogen and oxygen atoms in total. The predicted octanol–water partition coefficient (Wildman–Crippen LogP) is 3.09. The van der Waals surface area contributed by atoms with Crippen LogP contribution in [0.1, 0.15) is 12.8 Å². The Morgan fingerprint density at radius 1 is 1.58 bits per heavy atom. The van der Waals surface area contributed by atoms with Crippen LogP contribution in [0.15, 0.2) is 39.9 Å². The van der Waals surface area contributed by atoms with E-state index in [0.717, 1.165) is 24.4 Å². The Labute approximate surface area is 78.1 Å². The molecule has 0 saturated heterocycles. The zero-order chi connectivity index (χ0) is 8.81. The van der Waals surface area contributed by atoms with Gasteiger partial charge in [-0.05, 0) is 31.2 Å². The molecular formula is C10H12ClN. The average Bonchev–Trinajstić information content (AvgIpc) is 2.09. The third-order valence-corrected chi connectivity index (χ3v) is 1.96. The van der Waals surface area contributed by atoms with E-state index in [1.165, 1.54) is 5.57 Å². The molecule has 12 heavy (non-hydrogen) atoms. The zero-order valence-electron chi connectivity index (χ0n) is 6.96. The van der Waals surface area contributed by atoms with Crippen LogP contribution >= 0.6 is 11.6 Å². The summed E-state index contributed by atoms with van der Waals surface area (Å²) in [6, 6.07) is 0. The number of allylic oxidation sites excluding steroid dienone is 5. The molecule has 1 rings (SSSR count). The molecule has 0 amide bonds. The second kappa shape index (κ2) is 4.94. The van der Waals surface area contributed by atoms with Gasteiger partial charge in [0.2, 0.25) is 0 Å². The highest BCUT2D eigenvalue weighted by Gasteiger charge is 1.96. The van der Waals surface area contributed by atoms with Crippen LogP contribution in [0.3, 0.4) is 0 Å². The second-order valence-corrected chi connectivity index (χ2v) is 3.08. The molecule has 1 aliphatic rings. The minimum Gasteiger partial charge on any atom is -0.301 e.